The van der Waals surface area contributed by atoms with Crippen molar-refractivity contribution in [3.63, 3.8) is 0 Å². The number of hydrogen-bond donors (Lipinski definition) is 1. The Morgan fingerprint density at radius 2 is 2.00 bits per heavy atom. The van der Waals surface area contributed by atoms with Gasteiger partial charge < -0.3 is 5.32 Å². The van der Waals surface area contributed by atoms with E-state index >= 15 is 0 Å². The van der Waals surface area contributed by atoms with E-state index in [-0.39, 0.29) is 11.9 Å². The molecule has 106 valence electrons. The average molecular weight is 272 g/mol. The molecule has 0 spiro atoms. The van der Waals surface area contributed by atoms with Crippen molar-refractivity contribution in [2.45, 2.75) is 39.3 Å². The van der Waals surface area contributed by atoms with E-state index < -0.39 is 0 Å². The van der Waals surface area contributed by atoms with Crippen LogP contribution >= 0.6 is 0 Å². The molecule has 1 unspecified atom stereocenters. The lowest BCUT2D eigenvalue weighted by Crippen LogP contribution is -2.30. The predicted octanol–water partition coefficient (Wildman–Crippen LogP) is 3.81. The summed E-state index contributed by atoms with van der Waals surface area (Å²) in [6, 6.07) is 12.1. The Balaban J connectivity index is 2.21. The third-order valence-electron chi connectivity index (χ3n) is 3.16. The normalized spacial score (nSPS) is 12.7. The first kappa shape index (κ1) is 14.7. The third kappa shape index (κ3) is 4.14. The number of rotatable bonds is 5. The largest absolute Gasteiger partial charge is 0.306 e. The molecule has 0 bridgehead atoms. The Hall–Kier alpha value is -1.74. The summed E-state index contributed by atoms with van der Waals surface area (Å²) in [6.07, 6.45) is 2.12. The summed E-state index contributed by atoms with van der Waals surface area (Å²) in [6.45, 7) is 6.30. The Bertz CT molecular complexity index is 549. The molecule has 2 nitrogen and oxygen atoms in total. The predicted molar refractivity (Wildman–Crippen MR) is 80.1 cm³/mol. The number of nitrogens with zero attached hydrogens (tertiary/aromatic N) is 1. The van der Waals surface area contributed by atoms with Crippen molar-refractivity contribution in [2.75, 3.05) is 0 Å². The summed E-state index contributed by atoms with van der Waals surface area (Å²) in [5, 5.41) is 3.50. The zero-order chi connectivity index (χ0) is 14.5. The number of benzene rings is 1. The maximum Gasteiger partial charge on any atom is 0.141 e. The fourth-order valence-electron chi connectivity index (χ4n) is 2.32. The summed E-state index contributed by atoms with van der Waals surface area (Å²) in [5.74, 6) is -0.299. The molecule has 1 heterocycles. The number of nitrogens with one attached hydrogen (secondary N) is 1. The van der Waals surface area contributed by atoms with Gasteiger partial charge in [0.25, 0.3) is 0 Å². The highest BCUT2D eigenvalue weighted by Crippen LogP contribution is 2.18. The molecule has 0 radical (unpaired) electrons. The molecule has 20 heavy (non-hydrogen) atoms. The van der Waals surface area contributed by atoms with Crippen LogP contribution in [0.25, 0.3) is 0 Å². The molecule has 1 aromatic heterocycles. The van der Waals surface area contributed by atoms with Crippen LogP contribution in [0.15, 0.2) is 42.6 Å². The van der Waals surface area contributed by atoms with Crippen LogP contribution in [0.2, 0.25) is 0 Å². The van der Waals surface area contributed by atoms with Gasteiger partial charge in [-0.25, -0.2) is 4.39 Å². The van der Waals surface area contributed by atoms with Gasteiger partial charge in [-0.2, -0.15) is 0 Å². The summed E-state index contributed by atoms with van der Waals surface area (Å²) in [5.41, 5.74) is 3.38. The van der Waals surface area contributed by atoms with Crippen molar-refractivity contribution >= 4 is 0 Å². The molecule has 0 amide bonds. The van der Waals surface area contributed by atoms with Crippen molar-refractivity contribution in [2.24, 2.45) is 0 Å². The van der Waals surface area contributed by atoms with E-state index in [1.54, 1.807) is 6.07 Å². The first-order valence-electron chi connectivity index (χ1n) is 6.97. The molecule has 1 atom stereocenters. The lowest BCUT2D eigenvalue weighted by atomic mass is 10.0. The lowest BCUT2D eigenvalue weighted by Gasteiger charge is -2.21. The third-order valence-corrected chi connectivity index (χ3v) is 3.16. The monoisotopic (exact) mass is 272 g/mol. The van der Waals surface area contributed by atoms with Gasteiger partial charge in [0.15, 0.2) is 0 Å². The molecular formula is C17H21FN2. The van der Waals surface area contributed by atoms with Crippen LogP contribution in [0.3, 0.4) is 0 Å². The molecule has 0 aliphatic rings. The molecule has 3 heteroatoms. The highest BCUT2D eigenvalue weighted by atomic mass is 19.1. The first-order chi connectivity index (χ1) is 9.54. The smallest absolute Gasteiger partial charge is 0.141 e. The SMILES string of the molecule is Cc1cccc(CC(NC(C)C)c2ccc(F)cn2)c1. The minimum atomic E-state index is -0.299. The molecule has 0 saturated carbocycles. The van der Waals surface area contributed by atoms with E-state index in [2.05, 4.69) is 55.3 Å². The number of aryl methyl sites for hydroxylation is 1. The van der Waals surface area contributed by atoms with E-state index in [4.69, 9.17) is 0 Å². The molecule has 0 aliphatic carbocycles. The Morgan fingerprint density at radius 1 is 1.20 bits per heavy atom. The molecule has 1 N–H and O–H groups in total. The summed E-state index contributed by atoms with van der Waals surface area (Å²) >= 11 is 0. The highest BCUT2D eigenvalue weighted by Gasteiger charge is 2.15. The number of aromatic nitrogens is 1. The summed E-state index contributed by atoms with van der Waals surface area (Å²) in [4.78, 5) is 4.21. The minimum absolute atomic E-state index is 0.0948. The fraction of sp³-hybridized carbons (Fsp3) is 0.353. The van der Waals surface area contributed by atoms with Crippen molar-refractivity contribution in [3.05, 3.63) is 65.2 Å². The molecule has 1 aromatic carbocycles. The van der Waals surface area contributed by atoms with Crippen molar-refractivity contribution < 1.29 is 4.39 Å². The number of halogens is 1. The molecule has 0 saturated heterocycles. The van der Waals surface area contributed by atoms with Crippen LogP contribution < -0.4 is 5.32 Å². The standard InChI is InChI=1S/C17H21FN2/c1-12(2)20-17(16-8-7-15(18)11-19-16)10-14-6-4-5-13(3)9-14/h4-9,11-12,17,20H,10H2,1-3H3. The van der Waals surface area contributed by atoms with E-state index in [9.17, 15) is 4.39 Å². The van der Waals surface area contributed by atoms with Gasteiger partial charge >= 0.3 is 0 Å². The number of hydrogen-bond acceptors (Lipinski definition) is 2. The topological polar surface area (TPSA) is 24.9 Å². The summed E-state index contributed by atoms with van der Waals surface area (Å²) in [7, 11) is 0. The van der Waals surface area contributed by atoms with Gasteiger partial charge in [0.1, 0.15) is 5.82 Å². The van der Waals surface area contributed by atoms with Crippen molar-refractivity contribution in [1.82, 2.24) is 10.3 Å². The van der Waals surface area contributed by atoms with Crippen LogP contribution in [0.4, 0.5) is 4.39 Å². The van der Waals surface area contributed by atoms with E-state index in [0.717, 1.165) is 12.1 Å². The van der Waals surface area contributed by atoms with Gasteiger partial charge in [-0.1, -0.05) is 43.7 Å². The molecule has 0 fully saturated rings. The quantitative estimate of drug-likeness (QED) is 0.895. The second-order valence-electron chi connectivity index (χ2n) is 5.47. The van der Waals surface area contributed by atoms with Gasteiger partial charge in [-0.15, -0.1) is 0 Å². The average Bonchev–Trinajstić information content (AvgIpc) is 2.38. The zero-order valence-corrected chi connectivity index (χ0v) is 12.2. The first-order valence-corrected chi connectivity index (χ1v) is 6.97. The lowest BCUT2D eigenvalue weighted by molar-refractivity contribution is 0.464. The molecule has 2 aromatic rings. The van der Waals surface area contributed by atoms with Crippen LogP contribution in [-0.4, -0.2) is 11.0 Å². The van der Waals surface area contributed by atoms with Gasteiger partial charge in [-0.05, 0) is 31.0 Å². The Morgan fingerprint density at radius 3 is 2.60 bits per heavy atom. The van der Waals surface area contributed by atoms with Crippen molar-refractivity contribution in [1.29, 1.82) is 0 Å². The minimum Gasteiger partial charge on any atom is -0.306 e. The highest BCUT2D eigenvalue weighted by molar-refractivity contribution is 5.24. The van der Waals surface area contributed by atoms with Gasteiger partial charge in [-0.3, -0.25) is 4.98 Å². The van der Waals surface area contributed by atoms with Gasteiger partial charge in [0.05, 0.1) is 17.9 Å². The molecule has 0 aliphatic heterocycles. The zero-order valence-electron chi connectivity index (χ0n) is 12.2. The van der Waals surface area contributed by atoms with Gasteiger partial charge in [0, 0.05) is 6.04 Å². The van der Waals surface area contributed by atoms with E-state index in [1.165, 1.54) is 23.4 Å². The second-order valence-corrected chi connectivity index (χ2v) is 5.47. The summed E-state index contributed by atoms with van der Waals surface area (Å²) < 4.78 is 13.0. The molecule has 2 rings (SSSR count). The Labute approximate surface area is 120 Å². The van der Waals surface area contributed by atoms with Crippen LogP contribution in [-0.2, 0) is 6.42 Å². The maximum atomic E-state index is 13.0. The molecular weight excluding hydrogens is 251 g/mol. The maximum absolute atomic E-state index is 13.0. The fourth-order valence-corrected chi connectivity index (χ4v) is 2.32. The van der Waals surface area contributed by atoms with Crippen LogP contribution in [0.5, 0.6) is 0 Å². The number of pyridine rings is 1. The van der Waals surface area contributed by atoms with E-state index in [0.29, 0.717) is 6.04 Å². The second kappa shape index (κ2) is 6.62. The van der Waals surface area contributed by atoms with Crippen molar-refractivity contribution in [3.8, 4) is 0 Å². The Kier molecular flexibility index (Phi) is 4.85. The van der Waals surface area contributed by atoms with Gasteiger partial charge in [0.2, 0.25) is 0 Å². The van der Waals surface area contributed by atoms with Crippen LogP contribution in [0.1, 0.15) is 36.7 Å². The van der Waals surface area contributed by atoms with Crippen LogP contribution in [0, 0.1) is 12.7 Å². The van der Waals surface area contributed by atoms with E-state index in [1.807, 2.05) is 0 Å².